The second-order valence-electron chi connectivity index (χ2n) is 3.29. The summed E-state index contributed by atoms with van der Waals surface area (Å²) < 4.78 is 1.32. The molecule has 0 saturated carbocycles. The minimum atomic E-state index is -0.217. The highest BCUT2D eigenvalue weighted by Gasteiger charge is 2.05. The number of para-hydroxylation sites is 1. The minimum absolute atomic E-state index is 0.0313. The van der Waals surface area contributed by atoms with Gasteiger partial charge in [0.25, 0.3) is 5.82 Å². The number of carbonyl (C=O) groups is 1. The fourth-order valence-corrected chi connectivity index (χ4v) is 1.29. The van der Waals surface area contributed by atoms with Gasteiger partial charge in [0.05, 0.1) is 0 Å². The van der Waals surface area contributed by atoms with Crippen LogP contribution in [0.25, 0.3) is 0 Å². The Bertz CT molecular complexity index is 555. The second kappa shape index (κ2) is 4.90. The lowest BCUT2D eigenvalue weighted by molar-refractivity contribution is -0.116. The van der Waals surface area contributed by atoms with Gasteiger partial charge >= 0.3 is 0 Å². The molecule has 0 saturated heterocycles. The van der Waals surface area contributed by atoms with E-state index in [-0.39, 0.29) is 18.3 Å². The first-order valence-electron chi connectivity index (χ1n) is 4.92. The zero-order valence-electron chi connectivity index (χ0n) is 8.87. The van der Waals surface area contributed by atoms with Gasteiger partial charge in [-0.15, -0.1) is 5.10 Å². The van der Waals surface area contributed by atoms with E-state index in [9.17, 15) is 4.79 Å². The van der Waals surface area contributed by atoms with Crippen molar-refractivity contribution >= 4 is 11.6 Å². The molecular weight excluding hydrogens is 218 g/mol. The van der Waals surface area contributed by atoms with Crippen molar-refractivity contribution in [3.8, 4) is 6.07 Å². The third-order valence-electron chi connectivity index (χ3n) is 2.00. The maximum absolute atomic E-state index is 11.6. The van der Waals surface area contributed by atoms with Gasteiger partial charge in [-0.05, 0) is 12.1 Å². The van der Waals surface area contributed by atoms with Crippen LogP contribution in [-0.4, -0.2) is 20.7 Å². The van der Waals surface area contributed by atoms with Gasteiger partial charge in [0.15, 0.2) is 0 Å². The van der Waals surface area contributed by atoms with E-state index >= 15 is 0 Å². The molecule has 1 N–H and O–H groups in total. The molecular formula is C11H9N5O. The maximum Gasteiger partial charge on any atom is 0.252 e. The Morgan fingerprint density at radius 1 is 1.41 bits per heavy atom. The molecule has 1 aromatic carbocycles. The Morgan fingerprint density at radius 3 is 2.82 bits per heavy atom. The van der Waals surface area contributed by atoms with Crippen LogP contribution in [0.4, 0.5) is 5.69 Å². The first-order valence-corrected chi connectivity index (χ1v) is 4.92. The molecule has 0 atom stereocenters. The van der Waals surface area contributed by atoms with E-state index in [4.69, 9.17) is 5.26 Å². The van der Waals surface area contributed by atoms with Crippen molar-refractivity contribution < 1.29 is 4.79 Å². The van der Waals surface area contributed by atoms with Crippen molar-refractivity contribution in [1.29, 1.82) is 5.26 Å². The summed E-state index contributed by atoms with van der Waals surface area (Å²) in [6, 6.07) is 10.9. The van der Waals surface area contributed by atoms with Crippen LogP contribution in [0.15, 0.2) is 36.7 Å². The molecule has 1 heterocycles. The summed E-state index contributed by atoms with van der Waals surface area (Å²) in [6.45, 7) is 0.0313. The highest BCUT2D eigenvalue weighted by atomic mass is 16.2. The third kappa shape index (κ3) is 2.89. The van der Waals surface area contributed by atoms with Crippen LogP contribution in [0.1, 0.15) is 5.82 Å². The van der Waals surface area contributed by atoms with Gasteiger partial charge in [0.1, 0.15) is 18.9 Å². The Balaban J connectivity index is 1.96. The van der Waals surface area contributed by atoms with E-state index in [2.05, 4.69) is 15.4 Å². The SMILES string of the molecule is N#Cc1ncn(CC(=O)Nc2ccccc2)n1. The summed E-state index contributed by atoms with van der Waals surface area (Å²) in [4.78, 5) is 15.3. The van der Waals surface area contributed by atoms with E-state index in [0.717, 1.165) is 5.69 Å². The Hall–Kier alpha value is -2.68. The summed E-state index contributed by atoms with van der Waals surface area (Å²) >= 11 is 0. The molecule has 0 fully saturated rings. The molecule has 84 valence electrons. The Morgan fingerprint density at radius 2 is 2.18 bits per heavy atom. The van der Waals surface area contributed by atoms with Crippen LogP contribution < -0.4 is 5.32 Å². The maximum atomic E-state index is 11.6. The molecule has 2 aromatic rings. The predicted octanol–water partition coefficient (Wildman–Crippen LogP) is 0.788. The van der Waals surface area contributed by atoms with Gasteiger partial charge in [-0.2, -0.15) is 5.26 Å². The molecule has 0 bridgehead atoms. The molecule has 1 amide bonds. The summed E-state index contributed by atoms with van der Waals surface area (Å²) in [5.74, 6) is -0.164. The van der Waals surface area contributed by atoms with Crippen LogP contribution in [0.3, 0.4) is 0 Å². The molecule has 0 radical (unpaired) electrons. The molecule has 6 heteroatoms. The Labute approximate surface area is 97.5 Å². The number of amides is 1. The monoisotopic (exact) mass is 227 g/mol. The van der Waals surface area contributed by atoms with Crippen LogP contribution in [-0.2, 0) is 11.3 Å². The van der Waals surface area contributed by atoms with Gasteiger partial charge in [0.2, 0.25) is 5.91 Å². The van der Waals surface area contributed by atoms with E-state index in [1.807, 2.05) is 18.2 Å². The van der Waals surface area contributed by atoms with Crippen LogP contribution in [0, 0.1) is 11.3 Å². The molecule has 0 unspecified atom stereocenters. The molecule has 17 heavy (non-hydrogen) atoms. The molecule has 0 aliphatic rings. The van der Waals surface area contributed by atoms with Crippen LogP contribution in [0.5, 0.6) is 0 Å². The fraction of sp³-hybridized carbons (Fsp3) is 0.0909. The summed E-state index contributed by atoms with van der Waals surface area (Å²) in [7, 11) is 0. The van der Waals surface area contributed by atoms with Crippen molar-refractivity contribution in [2.45, 2.75) is 6.54 Å². The first-order chi connectivity index (χ1) is 8.28. The predicted molar refractivity (Wildman–Crippen MR) is 59.8 cm³/mol. The van der Waals surface area contributed by atoms with E-state index in [1.165, 1.54) is 11.0 Å². The quantitative estimate of drug-likeness (QED) is 0.840. The second-order valence-corrected chi connectivity index (χ2v) is 3.29. The molecule has 6 nitrogen and oxygen atoms in total. The minimum Gasteiger partial charge on any atom is -0.324 e. The number of benzene rings is 1. The van der Waals surface area contributed by atoms with Crippen molar-refractivity contribution in [3.63, 3.8) is 0 Å². The average molecular weight is 227 g/mol. The highest BCUT2D eigenvalue weighted by Crippen LogP contribution is 2.04. The number of rotatable bonds is 3. The normalized spacial score (nSPS) is 9.59. The zero-order chi connectivity index (χ0) is 12.1. The molecule has 0 spiro atoms. The highest BCUT2D eigenvalue weighted by molar-refractivity contribution is 5.90. The van der Waals surface area contributed by atoms with Gasteiger partial charge in [-0.1, -0.05) is 18.2 Å². The number of carbonyl (C=O) groups excluding carboxylic acids is 1. The molecule has 1 aromatic heterocycles. The molecule has 0 aliphatic carbocycles. The lowest BCUT2D eigenvalue weighted by Crippen LogP contribution is -2.19. The summed E-state index contributed by atoms with van der Waals surface area (Å²) in [5, 5.41) is 15.0. The zero-order valence-corrected chi connectivity index (χ0v) is 8.87. The standard InChI is InChI=1S/C11H9N5O/c12-6-10-13-8-16(15-10)7-11(17)14-9-4-2-1-3-5-9/h1-5,8H,7H2,(H,14,17). The van der Waals surface area contributed by atoms with Crippen molar-refractivity contribution in [1.82, 2.24) is 14.8 Å². The number of nitrogens with one attached hydrogen (secondary N) is 1. The number of anilines is 1. The van der Waals surface area contributed by atoms with E-state index < -0.39 is 0 Å². The third-order valence-corrected chi connectivity index (χ3v) is 2.00. The molecule has 2 rings (SSSR count). The lowest BCUT2D eigenvalue weighted by Gasteiger charge is -2.03. The van der Waals surface area contributed by atoms with Crippen molar-refractivity contribution in [2.24, 2.45) is 0 Å². The van der Waals surface area contributed by atoms with E-state index in [1.54, 1.807) is 18.2 Å². The number of aromatic nitrogens is 3. The van der Waals surface area contributed by atoms with Crippen LogP contribution in [0.2, 0.25) is 0 Å². The van der Waals surface area contributed by atoms with Crippen molar-refractivity contribution in [3.05, 3.63) is 42.5 Å². The lowest BCUT2D eigenvalue weighted by atomic mass is 10.3. The van der Waals surface area contributed by atoms with Crippen molar-refractivity contribution in [2.75, 3.05) is 5.32 Å². The van der Waals surface area contributed by atoms with Gasteiger partial charge in [0, 0.05) is 5.69 Å². The number of hydrogen-bond donors (Lipinski definition) is 1. The summed E-state index contributed by atoms with van der Waals surface area (Å²) in [5.41, 5.74) is 0.720. The fourth-order valence-electron chi connectivity index (χ4n) is 1.29. The number of nitriles is 1. The molecule has 0 aliphatic heterocycles. The van der Waals surface area contributed by atoms with E-state index in [0.29, 0.717) is 0 Å². The Kier molecular flexibility index (Phi) is 3.12. The summed E-state index contributed by atoms with van der Waals surface area (Å²) in [6.07, 6.45) is 1.35. The smallest absolute Gasteiger partial charge is 0.252 e. The van der Waals surface area contributed by atoms with Gasteiger partial charge in [-0.3, -0.25) is 4.79 Å². The first kappa shape index (κ1) is 10.8. The number of nitrogens with zero attached hydrogens (tertiary/aromatic N) is 4. The largest absolute Gasteiger partial charge is 0.324 e. The number of hydrogen-bond acceptors (Lipinski definition) is 4. The average Bonchev–Trinajstić information content (AvgIpc) is 2.78. The topological polar surface area (TPSA) is 83.6 Å². The van der Waals surface area contributed by atoms with Gasteiger partial charge < -0.3 is 5.32 Å². The van der Waals surface area contributed by atoms with Gasteiger partial charge in [-0.25, -0.2) is 9.67 Å². The van der Waals surface area contributed by atoms with Crippen LogP contribution >= 0.6 is 0 Å².